The molecule has 0 amide bonds. The van der Waals surface area contributed by atoms with E-state index >= 15 is 0 Å². The average molecular weight is 510 g/mol. The van der Waals surface area contributed by atoms with Gasteiger partial charge in [-0.15, -0.1) is 11.8 Å². The van der Waals surface area contributed by atoms with Crippen molar-refractivity contribution in [2.24, 2.45) is 5.92 Å². The Morgan fingerprint density at radius 3 is 2.66 bits per heavy atom. The number of carboxylic acid groups (broad SMARTS) is 1. The van der Waals surface area contributed by atoms with Gasteiger partial charge in [0.15, 0.2) is 5.69 Å². The van der Waals surface area contributed by atoms with Crippen LogP contribution < -0.4 is 0 Å². The van der Waals surface area contributed by atoms with Crippen LogP contribution in [-0.2, 0) is 0 Å². The summed E-state index contributed by atoms with van der Waals surface area (Å²) < 4.78 is 41.5. The van der Waals surface area contributed by atoms with Crippen molar-refractivity contribution in [2.45, 2.75) is 55.7 Å². The summed E-state index contributed by atoms with van der Waals surface area (Å²) in [5.74, 6) is -2.47. The number of alkyl halides is 3. The van der Waals surface area contributed by atoms with Crippen molar-refractivity contribution in [3.63, 3.8) is 0 Å². The molecule has 0 bridgehead atoms. The van der Waals surface area contributed by atoms with Crippen molar-refractivity contribution in [3.8, 4) is 5.13 Å². The molecule has 158 valence electrons. The van der Waals surface area contributed by atoms with Gasteiger partial charge in [0.1, 0.15) is 0 Å². The van der Waals surface area contributed by atoms with Gasteiger partial charge in [-0.3, -0.25) is 0 Å². The molecule has 1 aliphatic carbocycles. The molecule has 0 saturated heterocycles. The van der Waals surface area contributed by atoms with Gasteiger partial charge in [-0.25, -0.2) is 9.78 Å². The minimum atomic E-state index is -4.19. The monoisotopic (exact) mass is 509 g/mol. The summed E-state index contributed by atoms with van der Waals surface area (Å²) in [5, 5.41) is 14.5. The Labute approximate surface area is 182 Å². The molecule has 1 aliphatic rings. The summed E-state index contributed by atoms with van der Waals surface area (Å²) in [6.45, 7) is 5.71. The standard InChI is InChI=1S/C18H19BrF3N3O2S2/c1-8(2)28-16-13(10-4-6-11(7-5-10)18(20,21)22)23-17(29-16)25-14(15(26)27)12(19)9(3)24-25/h4,8,11H,5-7H2,1-3H3,(H,26,27). The van der Waals surface area contributed by atoms with Crippen LogP contribution >= 0.6 is 39.0 Å². The van der Waals surface area contributed by atoms with Gasteiger partial charge in [-0.1, -0.05) is 31.3 Å². The third-order valence-electron chi connectivity index (χ3n) is 4.48. The average Bonchev–Trinajstić information content (AvgIpc) is 3.15. The Kier molecular flexibility index (Phi) is 6.50. The second-order valence-corrected chi connectivity index (χ2v) is 10.6. The predicted octanol–water partition coefficient (Wildman–Crippen LogP) is 6.34. The summed E-state index contributed by atoms with van der Waals surface area (Å²) in [5.41, 5.74) is 1.89. The highest BCUT2D eigenvalue weighted by Crippen LogP contribution is 2.44. The fraction of sp³-hybridized carbons (Fsp3) is 0.500. The minimum absolute atomic E-state index is 0.0286. The van der Waals surface area contributed by atoms with Crippen LogP contribution in [-0.4, -0.2) is 37.3 Å². The minimum Gasteiger partial charge on any atom is -0.476 e. The molecule has 0 spiro atoms. The molecule has 1 atom stereocenters. The number of hydrogen-bond donors (Lipinski definition) is 1. The number of rotatable bonds is 5. The Morgan fingerprint density at radius 2 is 2.14 bits per heavy atom. The molecule has 5 nitrogen and oxygen atoms in total. The highest BCUT2D eigenvalue weighted by Gasteiger charge is 2.40. The zero-order chi connectivity index (χ0) is 21.5. The van der Waals surface area contributed by atoms with Gasteiger partial charge in [0, 0.05) is 5.25 Å². The Balaban J connectivity index is 2.04. The van der Waals surface area contributed by atoms with Gasteiger partial charge in [-0.05, 0) is 47.7 Å². The van der Waals surface area contributed by atoms with E-state index in [0.717, 1.165) is 9.78 Å². The number of allylic oxidation sites excluding steroid dienone is 2. The number of aromatic nitrogens is 3. The normalized spacial score (nSPS) is 17.7. The van der Waals surface area contributed by atoms with E-state index in [1.165, 1.54) is 16.0 Å². The molecule has 0 saturated carbocycles. The fourth-order valence-electron chi connectivity index (χ4n) is 3.06. The maximum Gasteiger partial charge on any atom is 0.392 e. The molecular weight excluding hydrogens is 491 g/mol. The highest BCUT2D eigenvalue weighted by molar-refractivity contribution is 9.10. The largest absolute Gasteiger partial charge is 0.476 e. The van der Waals surface area contributed by atoms with Crippen molar-refractivity contribution in [3.05, 3.63) is 27.6 Å². The lowest BCUT2D eigenvalue weighted by Gasteiger charge is -2.23. The molecule has 11 heteroatoms. The number of aromatic carboxylic acids is 1. The van der Waals surface area contributed by atoms with E-state index in [9.17, 15) is 23.1 Å². The lowest BCUT2D eigenvalue weighted by molar-refractivity contribution is -0.175. The molecule has 3 rings (SSSR count). The summed E-state index contributed by atoms with van der Waals surface area (Å²) in [7, 11) is 0. The molecule has 2 heterocycles. The lowest BCUT2D eigenvalue weighted by Crippen LogP contribution is -2.24. The fourth-order valence-corrected chi connectivity index (χ4v) is 5.98. The lowest BCUT2D eigenvalue weighted by atomic mass is 9.88. The number of aryl methyl sites for hydroxylation is 1. The molecule has 0 aliphatic heterocycles. The van der Waals surface area contributed by atoms with E-state index in [1.807, 2.05) is 13.8 Å². The van der Waals surface area contributed by atoms with Gasteiger partial charge < -0.3 is 5.11 Å². The van der Waals surface area contributed by atoms with E-state index < -0.39 is 18.1 Å². The van der Waals surface area contributed by atoms with Crippen molar-refractivity contribution in [1.29, 1.82) is 0 Å². The van der Waals surface area contributed by atoms with E-state index in [1.54, 1.807) is 24.8 Å². The van der Waals surface area contributed by atoms with Gasteiger partial charge in [0.2, 0.25) is 5.13 Å². The van der Waals surface area contributed by atoms with Crippen LogP contribution in [0.5, 0.6) is 0 Å². The molecule has 0 fully saturated rings. The molecule has 2 aromatic rings. The molecule has 0 radical (unpaired) electrons. The molecule has 29 heavy (non-hydrogen) atoms. The number of hydrogen-bond acceptors (Lipinski definition) is 5. The Hall–Kier alpha value is -1.33. The smallest absolute Gasteiger partial charge is 0.392 e. The number of thioether (sulfide) groups is 1. The molecular formula is C18H19BrF3N3O2S2. The predicted molar refractivity (Wildman–Crippen MR) is 111 cm³/mol. The summed E-state index contributed by atoms with van der Waals surface area (Å²) in [4.78, 5) is 16.3. The van der Waals surface area contributed by atoms with Crippen LogP contribution in [0.2, 0.25) is 0 Å². The van der Waals surface area contributed by atoms with Crippen LogP contribution in [0.1, 0.15) is 55.0 Å². The zero-order valence-electron chi connectivity index (χ0n) is 15.9. The van der Waals surface area contributed by atoms with E-state index in [-0.39, 0.29) is 30.2 Å². The molecule has 1 N–H and O–H groups in total. The van der Waals surface area contributed by atoms with Gasteiger partial charge in [-0.2, -0.15) is 23.0 Å². The number of carboxylic acids is 1. The summed E-state index contributed by atoms with van der Waals surface area (Å²) in [6, 6.07) is 0. The van der Waals surface area contributed by atoms with Crippen molar-refractivity contribution < 1.29 is 23.1 Å². The maximum atomic E-state index is 13.0. The first-order valence-electron chi connectivity index (χ1n) is 8.91. The maximum absolute atomic E-state index is 13.0. The number of nitrogens with zero attached hydrogens (tertiary/aromatic N) is 3. The van der Waals surface area contributed by atoms with Crippen molar-refractivity contribution in [2.75, 3.05) is 0 Å². The van der Waals surface area contributed by atoms with Gasteiger partial charge in [0.05, 0.1) is 26.0 Å². The SMILES string of the molecule is Cc1nn(-c2nc(C3=CCC(C(F)(F)F)CC3)c(SC(C)C)s2)c(C(=O)O)c1Br. The quantitative estimate of drug-likeness (QED) is 0.476. The van der Waals surface area contributed by atoms with Crippen molar-refractivity contribution in [1.82, 2.24) is 14.8 Å². The summed E-state index contributed by atoms with van der Waals surface area (Å²) >= 11 is 6.11. The second kappa shape index (κ2) is 8.43. The van der Waals surface area contributed by atoms with Crippen molar-refractivity contribution >= 4 is 50.6 Å². The number of thiazole rings is 1. The summed E-state index contributed by atoms with van der Waals surface area (Å²) in [6.07, 6.45) is -2.33. The van der Waals surface area contributed by atoms with Crippen LogP contribution in [0, 0.1) is 12.8 Å². The topological polar surface area (TPSA) is 68.0 Å². The molecule has 1 unspecified atom stereocenters. The first-order valence-corrected chi connectivity index (χ1v) is 11.4. The first-order chi connectivity index (χ1) is 13.5. The van der Waals surface area contributed by atoms with E-state index in [0.29, 0.717) is 21.0 Å². The first kappa shape index (κ1) is 22.4. The zero-order valence-corrected chi connectivity index (χ0v) is 19.1. The Bertz CT molecular complexity index is 966. The van der Waals surface area contributed by atoms with Gasteiger partial charge in [0.25, 0.3) is 0 Å². The third-order valence-corrected chi connectivity index (χ3v) is 7.67. The number of carbonyl (C=O) groups is 1. The van der Waals surface area contributed by atoms with Crippen LogP contribution in [0.25, 0.3) is 10.7 Å². The number of halogens is 4. The van der Waals surface area contributed by atoms with Crippen LogP contribution in [0.3, 0.4) is 0 Å². The second-order valence-electron chi connectivity index (χ2n) is 7.01. The van der Waals surface area contributed by atoms with E-state index in [2.05, 4.69) is 26.0 Å². The molecule has 0 aromatic carbocycles. The molecule has 2 aromatic heterocycles. The van der Waals surface area contributed by atoms with Crippen LogP contribution in [0.4, 0.5) is 13.2 Å². The Morgan fingerprint density at radius 1 is 1.45 bits per heavy atom. The van der Waals surface area contributed by atoms with E-state index in [4.69, 9.17) is 0 Å². The van der Waals surface area contributed by atoms with Gasteiger partial charge >= 0.3 is 12.1 Å². The third kappa shape index (κ3) is 4.72. The van der Waals surface area contributed by atoms with Crippen LogP contribution in [0.15, 0.2) is 14.8 Å². The highest BCUT2D eigenvalue weighted by atomic mass is 79.9.